The van der Waals surface area contributed by atoms with Gasteiger partial charge in [0, 0.05) is 16.0 Å². The van der Waals surface area contributed by atoms with Crippen LogP contribution in [0.2, 0.25) is 0 Å². The summed E-state index contributed by atoms with van der Waals surface area (Å²) in [5.74, 6) is 2.33. The van der Waals surface area contributed by atoms with Crippen LogP contribution >= 0.6 is 15.9 Å². The van der Waals surface area contributed by atoms with Crippen molar-refractivity contribution >= 4 is 21.7 Å². The summed E-state index contributed by atoms with van der Waals surface area (Å²) >= 11 is 3.47. The molecule has 20 heavy (non-hydrogen) atoms. The molecule has 3 nitrogen and oxygen atoms in total. The van der Waals surface area contributed by atoms with Gasteiger partial charge in [-0.2, -0.15) is 0 Å². The van der Waals surface area contributed by atoms with Gasteiger partial charge >= 0.3 is 0 Å². The Morgan fingerprint density at radius 1 is 1.10 bits per heavy atom. The molecule has 0 aliphatic heterocycles. The molecule has 0 N–H and O–H groups in total. The van der Waals surface area contributed by atoms with Crippen LogP contribution < -0.4 is 9.47 Å². The summed E-state index contributed by atoms with van der Waals surface area (Å²) in [5, 5.41) is 0. The number of methoxy groups -OCH3 is 2. The fraction of sp³-hybridized carbons (Fsp3) is 0.562. The maximum Gasteiger partial charge on any atom is 0.167 e. The summed E-state index contributed by atoms with van der Waals surface area (Å²) in [4.78, 5) is 12.7. The van der Waals surface area contributed by atoms with E-state index in [4.69, 9.17) is 9.47 Å². The summed E-state index contributed by atoms with van der Waals surface area (Å²) in [7, 11) is 3.18. The molecule has 0 aromatic heterocycles. The van der Waals surface area contributed by atoms with Gasteiger partial charge in [0.15, 0.2) is 17.3 Å². The molecule has 0 atom stereocenters. The third kappa shape index (κ3) is 3.17. The van der Waals surface area contributed by atoms with Gasteiger partial charge in [-0.25, -0.2) is 0 Å². The van der Waals surface area contributed by atoms with Crippen LogP contribution in [0, 0.1) is 11.8 Å². The van der Waals surface area contributed by atoms with Crippen molar-refractivity contribution in [2.45, 2.75) is 32.6 Å². The molecule has 0 amide bonds. The number of rotatable bonds is 4. The molecule has 0 bridgehead atoms. The van der Waals surface area contributed by atoms with Crippen molar-refractivity contribution in [3.63, 3.8) is 0 Å². The van der Waals surface area contributed by atoms with Gasteiger partial charge in [-0.15, -0.1) is 0 Å². The van der Waals surface area contributed by atoms with Crippen LogP contribution in [0.3, 0.4) is 0 Å². The highest BCUT2D eigenvalue weighted by molar-refractivity contribution is 9.10. The SMILES string of the molecule is COc1cc(Br)c(C(=O)C2CCC(C)CC2)cc1OC. The number of hydrogen-bond acceptors (Lipinski definition) is 3. The van der Waals surface area contributed by atoms with Crippen molar-refractivity contribution in [3.8, 4) is 11.5 Å². The maximum atomic E-state index is 12.7. The zero-order chi connectivity index (χ0) is 14.7. The summed E-state index contributed by atoms with van der Waals surface area (Å²) < 4.78 is 11.3. The molecule has 4 heteroatoms. The van der Waals surface area contributed by atoms with Crippen molar-refractivity contribution in [3.05, 3.63) is 22.2 Å². The number of ether oxygens (including phenoxy) is 2. The van der Waals surface area contributed by atoms with Crippen molar-refractivity contribution in [2.75, 3.05) is 14.2 Å². The Bertz CT molecular complexity index is 491. The number of Topliss-reactive ketones (excluding diaryl/α,β-unsaturated/α-hetero) is 1. The van der Waals surface area contributed by atoms with Crippen LogP contribution in [0.4, 0.5) is 0 Å². The average Bonchev–Trinajstić information content (AvgIpc) is 2.47. The normalized spacial score (nSPS) is 22.4. The molecule has 1 fully saturated rings. The van der Waals surface area contributed by atoms with Crippen LogP contribution in [-0.2, 0) is 0 Å². The third-order valence-electron chi connectivity index (χ3n) is 4.13. The zero-order valence-corrected chi connectivity index (χ0v) is 13.8. The van der Waals surface area contributed by atoms with Crippen molar-refractivity contribution in [1.82, 2.24) is 0 Å². The van der Waals surface area contributed by atoms with E-state index in [9.17, 15) is 4.79 Å². The second-order valence-corrected chi connectivity index (χ2v) is 6.36. The number of carbonyl (C=O) groups excluding carboxylic acids is 1. The predicted molar refractivity (Wildman–Crippen MR) is 82.7 cm³/mol. The molecule has 0 spiro atoms. The van der Waals surface area contributed by atoms with E-state index in [0.717, 1.165) is 36.1 Å². The van der Waals surface area contributed by atoms with Crippen molar-refractivity contribution in [1.29, 1.82) is 0 Å². The van der Waals surface area contributed by atoms with Gasteiger partial charge in [0.25, 0.3) is 0 Å². The molecule has 1 aliphatic rings. The Hall–Kier alpha value is -1.03. The van der Waals surface area contributed by atoms with E-state index in [2.05, 4.69) is 22.9 Å². The van der Waals surface area contributed by atoms with Crippen molar-refractivity contribution in [2.24, 2.45) is 11.8 Å². The Morgan fingerprint density at radius 3 is 2.20 bits per heavy atom. The van der Waals surface area contributed by atoms with Gasteiger partial charge in [0.05, 0.1) is 14.2 Å². The van der Waals surface area contributed by atoms with E-state index in [0.29, 0.717) is 17.1 Å². The lowest BCUT2D eigenvalue weighted by atomic mass is 9.79. The topological polar surface area (TPSA) is 35.5 Å². The maximum absolute atomic E-state index is 12.7. The van der Waals surface area contributed by atoms with E-state index >= 15 is 0 Å². The number of hydrogen-bond donors (Lipinski definition) is 0. The number of benzene rings is 1. The van der Waals surface area contributed by atoms with Gasteiger partial charge in [-0.1, -0.05) is 19.8 Å². The predicted octanol–water partition coefficient (Wildman–Crippen LogP) is 4.48. The molecule has 0 saturated heterocycles. The van der Waals surface area contributed by atoms with E-state index < -0.39 is 0 Å². The minimum absolute atomic E-state index is 0.139. The molecule has 2 rings (SSSR count). The standard InChI is InChI=1S/C16H21BrO3/c1-10-4-6-11(7-5-10)16(18)12-8-14(19-2)15(20-3)9-13(12)17/h8-11H,4-7H2,1-3H3. The van der Waals surface area contributed by atoms with Crippen LogP contribution in [0.25, 0.3) is 0 Å². The Balaban J connectivity index is 2.25. The molecule has 0 heterocycles. The first-order valence-electron chi connectivity index (χ1n) is 7.02. The summed E-state index contributed by atoms with van der Waals surface area (Å²) in [6, 6.07) is 3.58. The lowest BCUT2D eigenvalue weighted by Gasteiger charge is -2.25. The van der Waals surface area contributed by atoms with Gasteiger partial charge in [-0.3, -0.25) is 4.79 Å². The van der Waals surface area contributed by atoms with E-state index in [-0.39, 0.29) is 11.7 Å². The summed E-state index contributed by atoms with van der Waals surface area (Å²) in [5.41, 5.74) is 0.696. The second-order valence-electron chi connectivity index (χ2n) is 5.51. The van der Waals surface area contributed by atoms with Crippen LogP contribution in [0.5, 0.6) is 11.5 Å². The smallest absolute Gasteiger partial charge is 0.167 e. The molecule has 110 valence electrons. The minimum atomic E-state index is 0.139. The summed E-state index contributed by atoms with van der Waals surface area (Å²) in [6.07, 6.45) is 4.25. The van der Waals surface area contributed by atoms with E-state index in [1.54, 1.807) is 26.4 Å². The Labute approximate surface area is 128 Å². The van der Waals surface area contributed by atoms with Crippen LogP contribution in [0.1, 0.15) is 43.0 Å². The lowest BCUT2D eigenvalue weighted by molar-refractivity contribution is 0.0874. The Morgan fingerprint density at radius 2 is 1.65 bits per heavy atom. The molecule has 1 saturated carbocycles. The third-order valence-corrected chi connectivity index (χ3v) is 4.78. The van der Waals surface area contributed by atoms with Crippen LogP contribution in [0.15, 0.2) is 16.6 Å². The molecule has 1 aliphatic carbocycles. The van der Waals surface area contributed by atoms with Gasteiger partial charge in [-0.05, 0) is 46.8 Å². The quantitative estimate of drug-likeness (QED) is 0.758. The molecule has 1 aromatic rings. The number of ketones is 1. The fourth-order valence-corrected chi connectivity index (χ4v) is 3.30. The first-order chi connectivity index (χ1) is 9.56. The van der Waals surface area contributed by atoms with E-state index in [1.165, 1.54) is 0 Å². The molecule has 0 radical (unpaired) electrons. The van der Waals surface area contributed by atoms with Crippen molar-refractivity contribution < 1.29 is 14.3 Å². The second kappa shape index (κ2) is 6.61. The molecular weight excluding hydrogens is 320 g/mol. The fourth-order valence-electron chi connectivity index (χ4n) is 2.79. The highest BCUT2D eigenvalue weighted by atomic mass is 79.9. The monoisotopic (exact) mass is 340 g/mol. The molecular formula is C16H21BrO3. The first kappa shape index (κ1) is 15.4. The van der Waals surface area contributed by atoms with E-state index in [1.807, 2.05) is 0 Å². The lowest BCUT2D eigenvalue weighted by Crippen LogP contribution is -2.21. The highest BCUT2D eigenvalue weighted by Gasteiger charge is 2.27. The highest BCUT2D eigenvalue weighted by Crippen LogP contribution is 2.37. The average molecular weight is 341 g/mol. The number of carbonyl (C=O) groups is 1. The molecule has 0 unspecified atom stereocenters. The summed E-state index contributed by atoms with van der Waals surface area (Å²) in [6.45, 7) is 2.26. The number of halogens is 1. The zero-order valence-electron chi connectivity index (χ0n) is 12.2. The Kier molecular flexibility index (Phi) is 5.08. The van der Waals surface area contributed by atoms with Gasteiger partial charge in [0.2, 0.25) is 0 Å². The minimum Gasteiger partial charge on any atom is -0.493 e. The largest absolute Gasteiger partial charge is 0.493 e. The van der Waals surface area contributed by atoms with Gasteiger partial charge < -0.3 is 9.47 Å². The van der Waals surface area contributed by atoms with Crippen LogP contribution in [-0.4, -0.2) is 20.0 Å². The first-order valence-corrected chi connectivity index (χ1v) is 7.81. The van der Waals surface area contributed by atoms with Gasteiger partial charge in [0.1, 0.15) is 0 Å². The molecule has 1 aromatic carbocycles.